The summed E-state index contributed by atoms with van der Waals surface area (Å²) in [6.07, 6.45) is 7.55. The Balaban J connectivity index is 1.48. The number of hydrogen-bond acceptors (Lipinski definition) is 5. The van der Waals surface area contributed by atoms with E-state index in [1.807, 2.05) is 30.3 Å². The highest BCUT2D eigenvalue weighted by atomic mass is 16.3. The first-order valence-corrected chi connectivity index (χ1v) is 10.6. The maximum atomic E-state index is 13.4. The Morgan fingerprint density at radius 2 is 1.68 bits per heavy atom. The molecule has 6 rings (SSSR count). The van der Waals surface area contributed by atoms with Crippen LogP contribution in [-0.4, -0.2) is 38.8 Å². The van der Waals surface area contributed by atoms with Gasteiger partial charge in [0.05, 0.1) is 11.8 Å². The summed E-state index contributed by atoms with van der Waals surface area (Å²) in [5.41, 5.74) is 0.837. The van der Waals surface area contributed by atoms with Crippen LogP contribution in [-0.2, 0) is 20.8 Å². The second kappa shape index (κ2) is 7.65. The first-order valence-electron chi connectivity index (χ1n) is 10.6. The number of hydrogen-bond donors (Lipinski definition) is 2. The fraction of sp³-hybridized carbons (Fsp3) is 0.333. The number of nitrogens with zero attached hydrogens (tertiary/aromatic N) is 2. The van der Waals surface area contributed by atoms with Crippen molar-refractivity contribution in [1.82, 2.24) is 9.88 Å². The molecule has 2 fully saturated rings. The van der Waals surface area contributed by atoms with Crippen LogP contribution in [0.3, 0.4) is 0 Å². The third kappa shape index (κ3) is 3.30. The number of fused-ring (bicyclic) bond motifs is 1. The molecule has 1 aromatic carbocycles. The molecule has 158 valence electrons. The van der Waals surface area contributed by atoms with Gasteiger partial charge >= 0.3 is 0 Å². The minimum atomic E-state index is -1.02. The molecule has 31 heavy (non-hydrogen) atoms. The van der Waals surface area contributed by atoms with Crippen LogP contribution in [0.5, 0.6) is 5.75 Å². The van der Waals surface area contributed by atoms with E-state index in [1.54, 1.807) is 6.07 Å². The molecule has 5 atom stereocenters. The molecule has 0 radical (unpaired) electrons. The van der Waals surface area contributed by atoms with E-state index in [-0.39, 0.29) is 53.5 Å². The quantitative estimate of drug-likeness (QED) is 0.575. The smallest absolute Gasteiger partial charge is 0.249 e. The van der Waals surface area contributed by atoms with Gasteiger partial charge in [0.1, 0.15) is 6.04 Å². The molecule has 1 aromatic heterocycles. The number of rotatable bonds is 5. The first-order chi connectivity index (χ1) is 15.0. The molecule has 2 heterocycles. The van der Waals surface area contributed by atoms with Crippen molar-refractivity contribution in [3.05, 3.63) is 66.4 Å². The number of aromatic nitrogens is 1. The zero-order valence-corrected chi connectivity index (χ0v) is 16.8. The third-order valence-corrected chi connectivity index (χ3v) is 6.71. The number of imide groups is 1. The summed E-state index contributed by atoms with van der Waals surface area (Å²) >= 11 is 0. The van der Waals surface area contributed by atoms with Gasteiger partial charge in [-0.2, -0.15) is 0 Å². The van der Waals surface area contributed by atoms with Crippen molar-refractivity contribution in [2.45, 2.75) is 25.3 Å². The molecule has 3 amide bonds. The van der Waals surface area contributed by atoms with E-state index in [1.165, 1.54) is 17.2 Å². The molecule has 1 saturated heterocycles. The Hall–Kier alpha value is -3.48. The lowest BCUT2D eigenvalue weighted by Crippen LogP contribution is -2.49. The molecule has 2 N–H and O–H groups in total. The summed E-state index contributed by atoms with van der Waals surface area (Å²) in [5, 5.41) is 12.6. The Labute approximate surface area is 179 Å². The first kappa shape index (κ1) is 19.5. The van der Waals surface area contributed by atoms with Gasteiger partial charge in [-0.1, -0.05) is 42.5 Å². The van der Waals surface area contributed by atoms with Crippen molar-refractivity contribution >= 4 is 23.5 Å². The minimum Gasteiger partial charge on any atom is -0.504 e. The predicted octanol–water partition coefficient (Wildman–Crippen LogP) is 2.53. The molecular formula is C24H23N3O4. The summed E-state index contributed by atoms with van der Waals surface area (Å²) in [5.74, 6) is -1.91. The second-order valence-corrected chi connectivity index (χ2v) is 8.45. The number of allylic oxidation sites excluding steroid dienone is 2. The van der Waals surface area contributed by atoms with Crippen LogP contribution >= 0.6 is 0 Å². The van der Waals surface area contributed by atoms with Crippen LogP contribution in [0.2, 0.25) is 0 Å². The average molecular weight is 417 g/mol. The van der Waals surface area contributed by atoms with E-state index < -0.39 is 11.9 Å². The number of anilines is 1. The number of nitrogens with one attached hydrogen (secondary N) is 1. The SMILES string of the molecule is O=C(Nc1ncccc1O)[C@@H](Cc1ccccc1)N1C(=O)[C@@H]2[C@H](C1=O)[C@H]1C=C[C@H]2CC1. The van der Waals surface area contributed by atoms with Crippen LogP contribution in [0, 0.1) is 23.7 Å². The molecule has 1 saturated carbocycles. The van der Waals surface area contributed by atoms with Crippen molar-refractivity contribution in [1.29, 1.82) is 0 Å². The van der Waals surface area contributed by atoms with Gasteiger partial charge in [0, 0.05) is 12.6 Å². The lowest BCUT2D eigenvalue weighted by Gasteiger charge is -2.38. The molecule has 1 aliphatic heterocycles. The standard InChI is InChI=1S/C24H23N3O4/c28-18-7-4-12-25-21(18)26-22(29)17(13-14-5-2-1-3-6-14)27-23(30)19-15-8-9-16(11-10-15)20(19)24(27)31/h1-9,12,15-17,19-20,28H,10-11,13H2,(H,25,26,29)/t15-,16-,17+,19-,20+/m0/s1. The number of aromatic hydroxyl groups is 1. The molecule has 4 aliphatic rings. The predicted molar refractivity (Wildman–Crippen MR) is 113 cm³/mol. The lowest BCUT2D eigenvalue weighted by molar-refractivity contribution is -0.146. The summed E-state index contributed by atoms with van der Waals surface area (Å²) in [6, 6.07) is 11.2. The fourth-order valence-corrected chi connectivity index (χ4v) is 5.24. The van der Waals surface area contributed by atoms with E-state index in [9.17, 15) is 19.5 Å². The van der Waals surface area contributed by atoms with Crippen LogP contribution in [0.25, 0.3) is 0 Å². The molecule has 7 heteroatoms. The molecule has 2 bridgehead atoms. The van der Waals surface area contributed by atoms with E-state index >= 15 is 0 Å². The Morgan fingerprint density at radius 1 is 1.03 bits per heavy atom. The lowest BCUT2D eigenvalue weighted by atomic mass is 9.63. The average Bonchev–Trinajstić information content (AvgIpc) is 3.07. The number of carbonyl (C=O) groups is 3. The Morgan fingerprint density at radius 3 is 2.26 bits per heavy atom. The van der Waals surface area contributed by atoms with Crippen molar-refractivity contribution in [2.24, 2.45) is 23.7 Å². The number of pyridine rings is 1. The van der Waals surface area contributed by atoms with Crippen LogP contribution in [0.15, 0.2) is 60.8 Å². The topological polar surface area (TPSA) is 99.6 Å². The fourth-order valence-electron chi connectivity index (χ4n) is 5.24. The van der Waals surface area contributed by atoms with E-state index in [2.05, 4.69) is 22.5 Å². The highest BCUT2D eigenvalue weighted by Gasteiger charge is 2.58. The van der Waals surface area contributed by atoms with Crippen molar-refractivity contribution in [3.63, 3.8) is 0 Å². The highest BCUT2D eigenvalue weighted by molar-refractivity contribution is 6.10. The molecule has 3 aliphatic carbocycles. The van der Waals surface area contributed by atoms with Gasteiger partial charge in [-0.3, -0.25) is 19.3 Å². The van der Waals surface area contributed by atoms with Crippen molar-refractivity contribution in [2.75, 3.05) is 5.32 Å². The largest absolute Gasteiger partial charge is 0.504 e. The number of likely N-dealkylation sites (tertiary alicyclic amines) is 1. The van der Waals surface area contributed by atoms with Gasteiger partial charge < -0.3 is 10.4 Å². The van der Waals surface area contributed by atoms with Gasteiger partial charge in [0.2, 0.25) is 17.7 Å². The van der Waals surface area contributed by atoms with Gasteiger partial charge in [-0.15, -0.1) is 0 Å². The molecule has 0 unspecified atom stereocenters. The van der Waals surface area contributed by atoms with Crippen molar-refractivity contribution in [3.8, 4) is 5.75 Å². The maximum absolute atomic E-state index is 13.4. The van der Waals surface area contributed by atoms with Crippen LogP contribution in [0.1, 0.15) is 18.4 Å². The zero-order valence-electron chi connectivity index (χ0n) is 16.8. The summed E-state index contributed by atoms with van der Waals surface area (Å²) in [4.78, 5) is 45.3. The minimum absolute atomic E-state index is 0.00353. The normalized spacial score (nSPS) is 27.3. The van der Waals surface area contributed by atoms with E-state index in [0.29, 0.717) is 0 Å². The molecule has 0 spiro atoms. The number of carbonyl (C=O) groups excluding carboxylic acids is 3. The number of amides is 3. The van der Waals surface area contributed by atoms with Gasteiger partial charge in [0.25, 0.3) is 0 Å². The highest BCUT2D eigenvalue weighted by Crippen LogP contribution is 2.50. The van der Waals surface area contributed by atoms with Crippen LogP contribution < -0.4 is 5.32 Å². The Kier molecular flexibility index (Phi) is 4.81. The van der Waals surface area contributed by atoms with Crippen LogP contribution in [0.4, 0.5) is 5.82 Å². The molecular weight excluding hydrogens is 394 g/mol. The van der Waals surface area contributed by atoms with Gasteiger partial charge in [0.15, 0.2) is 11.6 Å². The molecule has 7 nitrogen and oxygen atoms in total. The molecule has 2 aromatic rings. The van der Waals surface area contributed by atoms with Gasteiger partial charge in [-0.05, 0) is 42.4 Å². The van der Waals surface area contributed by atoms with E-state index in [4.69, 9.17) is 0 Å². The van der Waals surface area contributed by atoms with Gasteiger partial charge in [-0.25, -0.2) is 4.98 Å². The second-order valence-electron chi connectivity index (χ2n) is 8.45. The monoisotopic (exact) mass is 417 g/mol. The van der Waals surface area contributed by atoms with Crippen molar-refractivity contribution < 1.29 is 19.5 Å². The zero-order chi connectivity index (χ0) is 21.5. The summed E-state index contributed by atoms with van der Waals surface area (Å²) < 4.78 is 0. The maximum Gasteiger partial charge on any atom is 0.249 e. The van der Waals surface area contributed by atoms with E-state index in [0.717, 1.165) is 18.4 Å². The third-order valence-electron chi connectivity index (χ3n) is 6.71. The number of benzene rings is 1. The summed E-state index contributed by atoms with van der Waals surface area (Å²) in [7, 11) is 0. The Bertz CT molecular complexity index is 1040. The summed E-state index contributed by atoms with van der Waals surface area (Å²) in [6.45, 7) is 0.